The number of ether oxygens (including phenoxy) is 3. The molecule has 2 heterocycles. The zero-order chi connectivity index (χ0) is 33.4. The van der Waals surface area contributed by atoms with Crippen LogP contribution in [0.1, 0.15) is 188 Å². The van der Waals surface area contributed by atoms with Crippen LogP contribution in [0.5, 0.6) is 0 Å². The summed E-state index contributed by atoms with van der Waals surface area (Å²) in [5.74, 6) is -0.480. The zero-order valence-electron chi connectivity index (χ0n) is 29.9. The molecule has 2 aliphatic heterocycles. The van der Waals surface area contributed by atoms with Gasteiger partial charge in [-0.1, -0.05) is 129 Å². The SMILES string of the molecule is CCCCCCCCCCCC[C@H](O)[C@H]1CCC([C@@H](C[C@H](O)CCCCCCCCCCCCC2=C[C@H](C)OC2=O)OC(C)=O)O1. The molecule has 1 fully saturated rings. The lowest BCUT2D eigenvalue weighted by molar-refractivity contribution is -0.159. The second-order valence-electron chi connectivity index (χ2n) is 14.2. The molecule has 0 aliphatic carbocycles. The summed E-state index contributed by atoms with van der Waals surface area (Å²) >= 11 is 0. The third-order valence-electron chi connectivity index (χ3n) is 9.83. The Morgan fingerprint density at radius 1 is 0.783 bits per heavy atom. The number of aliphatic hydroxyl groups excluding tert-OH is 2. The summed E-state index contributed by atoms with van der Waals surface area (Å²) < 4.78 is 17.0. The van der Waals surface area contributed by atoms with Gasteiger partial charge in [-0.05, 0) is 51.5 Å². The number of carbonyl (C=O) groups excluding carboxylic acids is 2. The van der Waals surface area contributed by atoms with E-state index in [1.807, 2.05) is 13.0 Å². The highest BCUT2D eigenvalue weighted by Crippen LogP contribution is 2.30. The number of hydrogen-bond donors (Lipinski definition) is 2. The first-order valence-electron chi connectivity index (χ1n) is 19.4. The second kappa shape index (κ2) is 25.6. The number of esters is 2. The highest BCUT2D eigenvalue weighted by atomic mass is 16.6. The van der Waals surface area contributed by atoms with Gasteiger partial charge < -0.3 is 24.4 Å². The number of rotatable bonds is 29. The Morgan fingerprint density at radius 2 is 1.28 bits per heavy atom. The van der Waals surface area contributed by atoms with Gasteiger partial charge in [0.1, 0.15) is 12.2 Å². The van der Waals surface area contributed by atoms with Gasteiger partial charge >= 0.3 is 11.9 Å². The van der Waals surface area contributed by atoms with E-state index in [0.717, 1.165) is 69.8 Å². The zero-order valence-corrected chi connectivity index (χ0v) is 29.9. The van der Waals surface area contributed by atoms with Gasteiger partial charge in [-0.3, -0.25) is 4.79 Å². The fraction of sp³-hybridized carbons (Fsp3) is 0.897. The van der Waals surface area contributed by atoms with Crippen molar-refractivity contribution in [3.8, 4) is 0 Å². The largest absolute Gasteiger partial charge is 0.460 e. The van der Waals surface area contributed by atoms with Crippen LogP contribution in [-0.2, 0) is 23.8 Å². The Morgan fingerprint density at radius 3 is 1.80 bits per heavy atom. The highest BCUT2D eigenvalue weighted by molar-refractivity contribution is 5.90. The molecule has 0 aromatic carbocycles. The van der Waals surface area contributed by atoms with Crippen LogP contribution in [0, 0.1) is 0 Å². The Hall–Kier alpha value is -1.44. The molecular formula is C39H70O7. The molecule has 7 nitrogen and oxygen atoms in total. The van der Waals surface area contributed by atoms with Crippen molar-refractivity contribution in [2.75, 3.05) is 0 Å². The number of hydrogen-bond acceptors (Lipinski definition) is 7. The third kappa shape index (κ3) is 18.8. The van der Waals surface area contributed by atoms with E-state index in [9.17, 15) is 19.8 Å². The average Bonchev–Trinajstić information content (AvgIpc) is 3.64. The minimum absolute atomic E-state index is 0.0624. The third-order valence-corrected chi connectivity index (χ3v) is 9.83. The number of unbranched alkanes of at least 4 members (excludes halogenated alkanes) is 18. The fourth-order valence-corrected chi connectivity index (χ4v) is 7.07. The predicted octanol–water partition coefficient (Wildman–Crippen LogP) is 9.44. The van der Waals surface area contributed by atoms with Crippen molar-refractivity contribution in [3.05, 3.63) is 11.6 Å². The Bertz CT molecular complexity index is 827. The Balaban J connectivity index is 1.48. The van der Waals surface area contributed by atoms with Crippen LogP contribution in [0.15, 0.2) is 11.6 Å². The van der Waals surface area contributed by atoms with Gasteiger partial charge in [0.2, 0.25) is 0 Å². The number of cyclic esters (lactones) is 1. The van der Waals surface area contributed by atoms with Crippen LogP contribution < -0.4 is 0 Å². The quantitative estimate of drug-likeness (QED) is 0.0614. The van der Waals surface area contributed by atoms with E-state index >= 15 is 0 Å². The van der Waals surface area contributed by atoms with Crippen molar-refractivity contribution in [2.24, 2.45) is 0 Å². The van der Waals surface area contributed by atoms with Gasteiger partial charge in [0.25, 0.3) is 0 Å². The van der Waals surface area contributed by atoms with Crippen LogP contribution in [0.4, 0.5) is 0 Å². The lowest BCUT2D eigenvalue weighted by atomic mass is 9.98. The smallest absolute Gasteiger partial charge is 0.334 e. The van der Waals surface area contributed by atoms with Crippen molar-refractivity contribution < 1.29 is 34.0 Å². The topological polar surface area (TPSA) is 102 Å². The van der Waals surface area contributed by atoms with Gasteiger partial charge in [0, 0.05) is 18.9 Å². The molecular weight excluding hydrogens is 580 g/mol. The molecule has 0 saturated carbocycles. The Kier molecular flexibility index (Phi) is 22.6. The summed E-state index contributed by atoms with van der Waals surface area (Å²) in [6.45, 7) is 5.57. The lowest BCUT2D eigenvalue weighted by Gasteiger charge is -2.27. The van der Waals surface area contributed by atoms with E-state index in [-0.39, 0.29) is 30.3 Å². The van der Waals surface area contributed by atoms with Crippen LogP contribution >= 0.6 is 0 Å². The van der Waals surface area contributed by atoms with Gasteiger partial charge in [0.15, 0.2) is 0 Å². The average molecular weight is 651 g/mol. The maximum atomic E-state index is 11.8. The molecule has 268 valence electrons. The molecule has 1 unspecified atom stereocenters. The molecule has 0 spiro atoms. The molecule has 1 saturated heterocycles. The first-order chi connectivity index (χ1) is 22.3. The standard InChI is InChI=1S/C39H70O7/c1-4-5-6-7-8-9-14-17-20-23-26-35(42)36-27-28-37(46-36)38(45-32(3)40)30-34(41)25-22-19-16-13-11-10-12-15-18-21-24-33-29-31(2)44-39(33)43/h29,31,34-38,41-42H,4-28,30H2,1-3H3/t31-,34+,35-,36+,37?,38+/m0/s1. The van der Waals surface area contributed by atoms with Crippen molar-refractivity contribution in [3.63, 3.8) is 0 Å². The van der Waals surface area contributed by atoms with Crippen molar-refractivity contribution in [1.82, 2.24) is 0 Å². The van der Waals surface area contributed by atoms with Gasteiger partial charge in [-0.25, -0.2) is 4.79 Å². The van der Waals surface area contributed by atoms with Crippen LogP contribution in [0.25, 0.3) is 0 Å². The minimum Gasteiger partial charge on any atom is -0.460 e. The summed E-state index contributed by atoms with van der Waals surface area (Å²) in [6, 6.07) is 0. The normalized spacial score (nSPS) is 21.6. The van der Waals surface area contributed by atoms with E-state index in [2.05, 4.69) is 6.92 Å². The van der Waals surface area contributed by atoms with Crippen LogP contribution in [0.2, 0.25) is 0 Å². The summed E-state index contributed by atoms with van der Waals surface area (Å²) in [5.41, 5.74) is 0.852. The molecule has 0 aromatic rings. The molecule has 6 atom stereocenters. The Labute approximate surface area is 281 Å². The second-order valence-corrected chi connectivity index (χ2v) is 14.2. The van der Waals surface area contributed by atoms with Crippen LogP contribution in [0.3, 0.4) is 0 Å². The van der Waals surface area contributed by atoms with E-state index in [4.69, 9.17) is 14.2 Å². The summed E-state index contributed by atoms with van der Waals surface area (Å²) in [4.78, 5) is 23.5. The van der Waals surface area contributed by atoms with Crippen molar-refractivity contribution >= 4 is 11.9 Å². The van der Waals surface area contributed by atoms with Crippen LogP contribution in [-0.4, -0.2) is 58.8 Å². The molecule has 46 heavy (non-hydrogen) atoms. The number of carbonyl (C=O) groups is 2. The fourth-order valence-electron chi connectivity index (χ4n) is 7.07. The molecule has 2 rings (SSSR count). The van der Waals surface area contributed by atoms with E-state index in [1.165, 1.54) is 96.8 Å². The molecule has 0 amide bonds. The minimum atomic E-state index is -0.520. The van der Waals surface area contributed by atoms with E-state index < -0.39 is 18.3 Å². The van der Waals surface area contributed by atoms with E-state index in [1.54, 1.807) is 0 Å². The molecule has 0 radical (unpaired) electrons. The summed E-state index contributed by atoms with van der Waals surface area (Å²) in [6.07, 6.45) is 28.6. The maximum absolute atomic E-state index is 11.8. The molecule has 0 aromatic heterocycles. The maximum Gasteiger partial charge on any atom is 0.334 e. The van der Waals surface area contributed by atoms with Gasteiger partial charge in [-0.15, -0.1) is 0 Å². The first-order valence-corrected chi connectivity index (χ1v) is 19.4. The van der Waals surface area contributed by atoms with Gasteiger partial charge in [0.05, 0.1) is 24.4 Å². The molecule has 2 N–H and O–H groups in total. The van der Waals surface area contributed by atoms with Crippen molar-refractivity contribution in [2.45, 2.75) is 224 Å². The highest BCUT2D eigenvalue weighted by Gasteiger charge is 2.37. The summed E-state index contributed by atoms with van der Waals surface area (Å²) in [7, 11) is 0. The molecule has 7 heteroatoms. The first kappa shape index (κ1) is 40.7. The molecule has 0 bridgehead atoms. The van der Waals surface area contributed by atoms with E-state index in [0.29, 0.717) is 12.8 Å². The predicted molar refractivity (Wildman–Crippen MR) is 186 cm³/mol. The summed E-state index contributed by atoms with van der Waals surface area (Å²) in [5, 5.41) is 21.5. The van der Waals surface area contributed by atoms with Gasteiger partial charge in [-0.2, -0.15) is 0 Å². The molecule has 2 aliphatic rings. The monoisotopic (exact) mass is 651 g/mol. The lowest BCUT2D eigenvalue weighted by Crippen LogP contribution is -2.36. The van der Waals surface area contributed by atoms with Crippen molar-refractivity contribution in [1.29, 1.82) is 0 Å². The number of aliphatic hydroxyl groups is 2.